The second kappa shape index (κ2) is 6.29. The molecular formula is C13H16ClF3N2O2. The maximum absolute atomic E-state index is 13.4. The highest BCUT2D eigenvalue weighted by Gasteiger charge is 2.45. The highest BCUT2D eigenvalue weighted by atomic mass is 35.5. The zero-order valence-corrected chi connectivity index (χ0v) is 12.0. The molecule has 1 saturated heterocycles. The van der Waals surface area contributed by atoms with Gasteiger partial charge in [-0.15, -0.1) is 12.4 Å². The van der Waals surface area contributed by atoms with Crippen LogP contribution < -0.4 is 14.8 Å². The molecule has 0 bridgehead atoms. The number of hydrogen-bond donors (Lipinski definition) is 1. The van der Waals surface area contributed by atoms with Gasteiger partial charge in [0.05, 0.1) is 0 Å². The van der Waals surface area contributed by atoms with E-state index < -0.39 is 12.2 Å². The van der Waals surface area contributed by atoms with Gasteiger partial charge < -0.3 is 14.8 Å². The average molecular weight is 325 g/mol. The first kappa shape index (κ1) is 16.2. The van der Waals surface area contributed by atoms with Gasteiger partial charge in [0.1, 0.15) is 6.04 Å². The van der Waals surface area contributed by atoms with Crippen molar-refractivity contribution in [1.82, 2.24) is 10.2 Å². The Kier molecular flexibility index (Phi) is 4.85. The van der Waals surface area contributed by atoms with E-state index in [4.69, 9.17) is 9.47 Å². The minimum atomic E-state index is -4.31. The maximum atomic E-state index is 13.4. The monoisotopic (exact) mass is 324 g/mol. The lowest BCUT2D eigenvalue weighted by molar-refractivity contribution is -0.187. The minimum Gasteiger partial charge on any atom is -0.454 e. The lowest BCUT2D eigenvalue weighted by Gasteiger charge is -2.36. The highest BCUT2D eigenvalue weighted by Crippen LogP contribution is 2.41. The van der Waals surface area contributed by atoms with E-state index in [2.05, 4.69) is 5.32 Å². The zero-order chi connectivity index (χ0) is 14.2. The summed E-state index contributed by atoms with van der Waals surface area (Å²) in [6.45, 7) is 1.94. The van der Waals surface area contributed by atoms with Crippen LogP contribution in [0, 0.1) is 0 Å². The van der Waals surface area contributed by atoms with Gasteiger partial charge in [-0.05, 0) is 17.7 Å². The summed E-state index contributed by atoms with van der Waals surface area (Å²) in [5.41, 5.74) is 0.198. The molecule has 4 nitrogen and oxygen atoms in total. The molecule has 1 fully saturated rings. The summed E-state index contributed by atoms with van der Waals surface area (Å²) in [5, 5.41) is 3.06. The van der Waals surface area contributed by atoms with E-state index in [1.807, 2.05) is 0 Å². The normalized spacial score (nSPS) is 20.0. The van der Waals surface area contributed by atoms with E-state index >= 15 is 0 Å². The fraction of sp³-hybridized carbons (Fsp3) is 0.538. The summed E-state index contributed by atoms with van der Waals surface area (Å²) in [4.78, 5) is 1.45. The van der Waals surface area contributed by atoms with Crippen molar-refractivity contribution in [1.29, 1.82) is 0 Å². The molecule has 1 aromatic carbocycles. The molecule has 0 aromatic heterocycles. The van der Waals surface area contributed by atoms with Gasteiger partial charge in [0, 0.05) is 26.2 Å². The highest BCUT2D eigenvalue weighted by molar-refractivity contribution is 5.85. The lowest BCUT2D eigenvalue weighted by atomic mass is 10.0. The number of fused-ring (bicyclic) bond motifs is 1. The SMILES string of the molecule is Cl.FC(F)(F)[C@H](c1ccc2c(c1)OCO2)N1CCNCC1. The Balaban J connectivity index is 0.00000161. The standard InChI is InChI=1S/C13H15F3N2O2.ClH/c14-13(15,16)12(18-5-3-17-4-6-18)9-1-2-10-11(7-9)20-8-19-10;/h1-2,7,12,17H,3-6,8H2;1H/t12-;/m0./s1. The first-order valence-electron chi connectivity index (χ1n) is 6.47. The maximum Gasteiger partial charge on any atom is 0.408 e. The second-order valence-electron chi connectivity index (χ2n) is 4.84. The molecule has 0 saturated carbocycles. The predicted molar refractivity (Wildman–Crippen MR) is 73.1 cm³/mol. The number of nitrogens with one attached hydrogen (secondary N) is 1. The molecule has 2 heterocycles. The van der Waals surface area contributed by atoms with Crippen LogP contribution in [-0.2, 0) is 0 Å². The van der Waals surface area contributed by atoms with E-state index in [9.17, 15) is 13.2 Å². The van der Waals surface area contributed by atoms with Crippen LogP contribution in [-0.4, -0.2) is 44.0 Å². The molecule has 3 rings (SSSR count). The van der Waals surface area contributed by atoms with Gasteiger partial charge in [-0.2, -0.15) is 13.2 Å². The quantitative estimate of drug-likeness (QED) is 0.905. The average Bonchev–Trinajstić information content (AvgIpc) is 2.86. The molecule has 118 valence electrons. The van der Waals surface area contributed by atoms with Crippen LogP contribution in [0.1, 0.15) is 11.6 Å². The van der Waals surface area contributed by atoms with Crippen molar-refractivity contribution < 1.29 is 22.6 Å². The van der Waals surface area contributed by atoms with Crippen LogP contribution in [0.25, 0.3) is 0 Å². The zero-order valence-electron chi connectivity index (χ0n) is 11.2. The molecule has 8 heteroatoms. The number of ether oxygens (including phenoxy) is 2. The lowest BCUT2D eigenvalue weighted by Crippen LogP contribution is -2.49. The van der Waals surface area contributed by atoms with E-state index in [1.165, 1.54) is 17.0 Å². The number of nitrogens with zero attached hydrogens (tertiary/aromatic N) is 1. The van der Waals surface area contributed by atoms with Crippen molar-refractivity contribution in [2.75, 3.05) is 33.0 Å². The Bertz CT molecular complexity index is 493. The van der Waals surface area contributed by atoms with Gasteiger partial charge in [-0.25, -0.2) is 0 Å². The fourth-order valence-corrected chi connectivity index (χ4v) is 2.63. The van der Waals surface area contributed by atoms with Gasteiger partial charge in [0.2, 0.25) is 6.79 Å². The second-order valence-corrected chi connectivity index (χ2v) is 4.84. The Hall–Kier alpha value is -1.18. The number of alkyl halides is 3. The molecule has 0 amide bonds. The molecule has 1 N–H and O–H groups in total. The number of halogens is 4. The summed E-state index contributed by atoms with van der Waals surface area (Å²) in [6, 6.07) is 2.84. The van der Waals surface area contributed by atoms with Crippen molar-refractivity contribution in [2.24, 2.45) is 0 Å². The fourth-order valence-electron chi connectivity index (χ4n) is 2.63. The number of piperazine rings is 1. The third-order valence-electron chi connectivity index (χ3n) is 3.54. The van der Waals surface area contributed by atoms with Gasteiger partial charge in [-0.1, -0.05) is 6.07 Å². The van der Waals surface area contributed by atoms with Crippen molar-refractivity contribution in [2.45, 2.75) is 12.2 Å². The Morgan fingerprint density at radius 3 is 2.43 bits per heavy atom. The topological polar surface area (TPSA) is 33.7 Å². The van der Waals surface area contributed by atoms with Crippen molar-refractivity contribution in [3.8, 4) is 11.5 Å². The van der Waals surface area contributed by atoms with Crippen LogP contribution >= 0.6 is 12.4 Å². The third-order valence-corrected chi connectivity index (χ3v) is 3.54. The molecule has 0 radical (unpaired) electrons. The summed E-state index contributed by atoms with van der Waals surface area (Å²) in [5.74, 6) is 0.877. The Labute approximate surface area is 126 Å². The molecular weight excluding hydrogens is 309 g/mol. The predicted octanol–water partition coefficient (Wildman–Crippen LogP) is 2.35. The van der Waals surface area contributed by atoms with E-state index in [0.717, 1.165) is 0 Å². The van der Waals surface area contributed by atoms with Crippen LogP contribution in [0.5, 0.6) is 11.5 Å². The first-order valence-corrected chi connectivity index (χ1v) is 6.47. The van der Waals surface area contributed by atoms with Gasteiger partial charge in [-0.3, -0.25) is 4.90 Å². The van der Waals surface area contributed by atoms with Gasteiger partial charge >= 0.3 is 6.18 Å². The Morgan fingerprint density at radius 2 is 1.76 bits per heavy atom. The molecule has 2 aliphatic heterocycles. The van der Waals surface area contributed by atoms with Crippen LogP contribution in [0.15, 0.2) is 18.2 Å². The summed E-state index contributed by atoms with van der Waals surface area (Å²) in [7, 11) is 0. The molecule has 0 aliphatic carbocycles. The van der Waals surface area contributed by atoms with Crippen LogP contribution in [0.3, 0.4) is 0 Å². The molecule has 0 unspecified atom stereocenters. The molecule has 0 spiro atoms. The van der Waals surface area contributed by atoms with E-state index in [0.29, 0.717) is 37.7 Å². The molecule has 21 heavy (non-hydrogen) atoms. The van der Waals surface area contributed by atoms with E-state index in [-0.39, 0.29) is 24.8 Å². The number of hydrogen-bond acceptors (Lipinski definition) is 4. The molecule has 1 atom stereocenters. The van der Waals surface area contributed by atoms with Crippen molar-refractivity contribution in [3.63, 3.8) is 0 Å². The van der Waals surface area contributed by atoms with Gasteiger partial charge in [0.25, 0.3) is 0 Å². The number of benzene rings is 1. The first-order chi connectivity index (χ1) is 9.55. The van der Waals surface area contributed by atoms with Gasteiger partial charge in [0.15, 0.2) is 11.5 Å². The smallest absolute Gasteiger partial charge is 0.408 e. The minimum absolute atomic E-state index is 0. The molecule has 1 aromatic rings. The van der Waals surface area contributed by atoms with E-state index in [1.54, 1.807) is 6.07 Å². The number of rotatable bonds is 2. The summed E-state index contributed by atoms with van der Waals surface area (Å²) < 4.78 is 50.5. The summed E-state index contributed by atoms with van der Waals surface area (Å²) >= 11 is 0. The van der Waals surface area contributed by atoms with Crippen molar-refractivity contribution >= 4 is 12.4 Å². The van der Waals surface area contributed by atoms with Crippen molar-refractivity contribution in [3.05, 3.63) is 23.8 Å². The molecule has 2 aliphatic rings. The van der Waals surface area contributed by atoms with Crippen LogP contribution in [0.4, 0.5) is 13.2 Å². The Morgan fingerprint density at radius 1 is 1.10 bits per heavy atom. The third kappa shape index (κ3) is 3.36. The largest absolute Gasteiger partial charge is 0.454 e. The summed E-state index contributed by atoms with van der Waals surface area (Å²) in [6.07, 6.45) is -4.31. The van der Waals surface area contributed by atoms with Crippen LogP contribution in [0.2, 0.25) is 0 Å².